The maximum Gasteiger partial charge on any atom is 0.232 e. The van der Waals surface area contributed by atoms with E-state index >= 15 is 0 Å². The number of likely N-dealkylation sites (tertiary alicyclic amines) is 1. The minimum absolute atomic E-state index is 0.0148. The van der Waals surface area contributed by atoms with Crippen molar-refractivity contribution >= 4 is 17.7 Å². The van der Waals surface area contributed by atoms with Crippen molar-refractivity contribution in [3.63, 3.8) is 0 Å². The van der Waals surface area contributed by atoms with Gasteiger partial charge < -0.3 is 10.0 Å². The highest BCUT2D eigenvalue weighted by molar-refractivity contribution is 8.00. The summed E-state index contributed by atoms with van der Waals surface area (Å²) in [5, 5.41) is 10.0. The molecule has 3 nitrogen and oxygen atoms in total. The third-order valence-electron chi connectivity index (χ3n) is 5.04. The van der Waals surface area contributed by atoms with Crippen molar-refractivity contribution in [3.05, 3.63) is 65.7 Å². The second kappa shape index (κ2) is 8.85. The van der Waals surface area contributed by atoms with Gasteiger partial charge in [0, 0.05) is 29.5 Å². The van der Waals surface area contributed by atoms with E-state index in [1.807, 2.05) is 30.3 Å². The Morgan fingerprint density at radius 2 is 1.96 bits per heavy atom. The predicted octanol–water partition coefficient (Wildman–Crippen LogP) is 3.90. The Kier molecular flexibility index (Phi) is 6.50. The van der Waals surface area contributed by atoms with Gasteiger partial charge in [0.25, 0.3) is 0 Å². The Bertz CT molecular complexity index is 787. The molecule has 1 fully saturated rings. The fourth-order valence-corrected chi connectivity index (χ4v) is 4.39. The van der Waals surface area contributed by atoms with Crippen LogP contribution < -0.4 is 0 Å². The molecule has 2 aromatic rings. The van der Waals surface area contributed by atoms with E-state index in [4.69, 9.17) is 0 Å². The molecule has 1 aliphatic rings. The molecule has 144 valence electrons. The van der Waals surface area contributed by atoms with Crippen molar-refractivity contribution in [2.24, 2.45) is 5.41 Å². The summed E-state index contributed by atoms with van der Waals surface area (Å²) in [4.78, 5) is 15.4. The molecule has 0 aliphatic carbocycles. The van der Waals surface area contributed by atoms with E-state index in [9.17, 15) is 18.7 Å². The van der Waals surface area contributed by atoms with E-state index in [0.717, 1.165) is 17.4 Å². The number of nitrogens with zero attached hydrogens (tertiary/aromatic N) is 1. The molecule has 0 aromatic heterocycles. The minimum Gasteiger partial charge on any atom is -0.396 e. The molecular formula is C21H23F2NO2S. The van der Waals surface area contributed by atoms with Crippen molar-refractivity contribution in [3.8, 4) is 0 Å². The molecule has 0 spiro atoms. The zero-order chi connectivity index (χ0) is 19.3. The molecule has 0 radical (unpaired) electrons. The second-order valence-electron chi connectivity index (χ2n) is 7.09. The van der Waals surface area contributed by atoms with Crippen LogP contribution in [0.2, 0.25) is 0 Å². The highest BCUT2D eigenvalue weighted by Crippen LogP contribution is 2.34. The number of hydrogen-bond acceptors (Lipinski definition) is 3. The van der Waals surface area contributed by atoms with Gasteiger partial charge in [0.05, 0.1) is 12.4 Å². The largest absolute Gasteiger partial charge is 0.396 e. The van der Waals surface area contributed by atoms with Crippen molar-refractivity contribution in [2.75, 3.05) is 25.4 Å². The molecule has 0 saturated carbocycles. The Balaban J connectivity index is 1.66. The second-order valence-corrected chi connectivity index (χ2v) is 8.14. The normalized spacial score (nSPS) is 19.9. The van der Waals surface area contributed by atoms with Crippen LogP contribution in [0.15, 0.2) is 53.4 Å². The molecule has 0 unspecified atom stereocenters. The maximum absolute atomic E-state index is 14.1. The van der Waals surface area contributed by atoms with E-state index < -0.39 is 17.0 Å². The summed E-state index contributed by atoms with van der Waals surface area (Å²) in [5.41, 5.74) is -0.220. The minimum atomic E-state index is -0.618. The van der Waals surface area contributed by atoms with Gasteiger partial charge in [-0.3, -0.25) is 4.79 Å². The van der Waals surface area contributed by atoms with Gasteiger partial charge in [0.15, 0.2) is 0 Å². The van der Waals surface area contributed by atoms with E-state index in [-0.39, 0.29) is 18.9 Å². The van der Waals surface area contributed by atoms with Crippen LogP contribution in [0.3, 0.4) is 0 Å². The summed E-state index contributed by atoms with van der Waals surface area (Å²) in [6.07, 6.45) is 1.74. The molecule has 1 amide bonds. The van der Waals surface area contributed by atoms with Crippen molar-refractivity contribution < 1.29 is 18.7 Å². The Morgan fingerprint density at radius 3 is 2.67 bits per heavy atom. The van der Waals surface area contributed by atoms with Gasteiger partial charge >= 0.3 is 0 Å². The topological polar surface area (TPSA) is 40.5 Å². The van der Waals surface area contributed by atoms with E-state index in [2.05, 4.69) is 0 Å². The number of hydrogen-bond donors (Lipinski definition) is 1. The fourth-order valence-electron chi connectivity index (χ4n) is 3.57. The lowest BCUT2D eigenvalue weighted by atomic mass is 9.75. The third-order valence-corrected chi connectivity index (χ3v) is 6.03. The monoisotopic (exact) mass is 391 g/mol. The smallest absolute Gasteiger partial charge is 0.232 e. The number of carbonyl (C=O) groups is 1. The summed E-state index contributed by atoms with van der Waals surface area (Å²) in [7, 11) is 0. The number of halogens is 2. The first-order valence-electron chi connectivity index (χ1n) is 9.02. The van der Waals surface area contributed by atoms with E-state index in [1.165, 1.54) is 23.9 Å². The van der Waals surface area contributed by atoms with Gasteiger partial charge in [-0.15, -0.1) is 11.8 Å². The van der Waals surface area contributed by atoms with Crippen LogP contribution in [0, 0.1) is 17.0 Å². The first-order chi connectivity index (χ1) is 13.0. The van der Waals surface area contributed by atoms with Gasteiger partial charge in [-0.25, -0.2) is 8.78 Å². The Hall–Kier alpha value is -1.92. The molecule has 27 heavy (non-hydrogen) atoms. The van der Waals surface area contributed by atoms with Crippen LogP contribution in [0.5, 0.6) is 0 Å². The summed E-state index contributed by atoms with van der Waals surface area (Å²) in [6, 6.07) is 13.2. The maximum atomic E-state index is 14.1. The molecule has 6 heteroatoms. The number of benzene rings is 2. The van der Waals surface area contributed by atoms with Gasteiger partial charge in [-0.2, -0.15) is 0 Å². The Labute approximate surface area is 162 Å². The van der Waals surface area contributed by atoms with E-state index in [1.54, 1.807) is 4.90 Å². The molecular weight excluding hydrogens is 368 g/mol. The van der Waals surface area contributed by atoms with Crippen molar-refractivity contribution in [2.45, 2.75) is 24.2 Å². The molecule has 1 heterocycles. The molecule has 0 bridgehead atoms. The first-order valence-corrected chi connectivity index (χ1v) is 10.0. The third kappa shape index (κ3) is 5.08. The highest BCUT2D eigenvalue weighted by atomic mass is 32.2. The standard InChI is InChI=1S/C21H23F2NO2S/c22-17-8-7-16(19(23)11-17)12-21(15-25)9-4-10-24(14-21)20(26)13-27-18-5-2-1-3-6-18/h1-3,5-8,11,25H,4,9-10,12-15H2/t21-/m0/s1. The molecule has 3 rings (SSSR count). The highest BCUT2D eigenvalue weighted by Gasteiger charge is 2.37. The summed E-state index contributed by atoms with van der Waals surface area (Å²) in [6.45, 7) is 0.885. The molecule has 1 N–H and O–H groups in total. The zero-order valence-electron chi connectivity index (χ0n) is 15.0. The van der Waals surface area contributed by atoms with Gasteiger partial charge in [0.2, 0.25) is 5.91 Å². The number of rotatable bonds is 6. The summed E-state index contributed by atoms with van der Waals surface area (Å²) < 4.78 is 27.2. The Morgan fingerprint density at radius 1 is 1.19 bits per heavy atom. The van der Waals surface area contributed by atoms with Crippen LogP contribution in [0.4, 0.5) is 8.78 Å². The lowest BCUT2D eigenvalue weighted by Gasteiger charge is -2.42. The number of thioether (sulfide) groups is 1. The number of amides is 1. The van der Waals surface area contributed by atoms with Crippen LogP contribution >= 0.6 is 11.8 Å². The molecule has 2 aromatic carbocycles. The fraction of sp³-hybridized carbons (Fsp3) is 0.381. The van der Waals surface area contributed by atoms with Crippen LogP contribution in [-0.2, 0) is 11.2 Å². The first kappa shape index (κ1) is 19.8. The average Bonchev–Trinajstić information content (AvgIpc) is 2.69. The van der Waals surface area contributed by atoms with Crippen molar-refractivity contribution in [1.82, 2.24) is 4.90 Å². The quantitative estimate of drug-likeness (QED) is 0.760. The summed E-state index contributed by atoms with van der Waals surface area (Å²) in [5.74, 6) is -0.879. The van der Waals surface area contributed by atoms with Gasteiger partial charge in [0.1, 0.15) is 11.6 Å². The number of carbonyl (C=O) groups excluding carboxylic acids is 1. The number of piperidine rings is 1. The lowest BCUT2D eigenvalue weighted by molar-refractivity contribution is -0.132. The molecule has 1 aliphatic heterocycles. The van der Waals surface area contributed by atoms with Crippen LogP contribution in [0.25, 0.3) is 0 Å². The summed E-state index contributed by atoms with van der Waals surface area (Å²) >= 11 is 1.48. The van der Waals surface area contributed by atoms with Crippen molar-refractivity contribution in [1.29, 1.82) is 0 Å². The molecule has 1 saturated heterocycles. The SMILES string of the molecule is O=C(CSc1ccccc1)N1CCC[C@](CO)(Cc2ccc(F)cc2F)C1. The zero-order valence-corrected chi connectivity index (χ0v) is 15.9. The van der Waals surface area contributed by atoms with Gasteiger partial charge in [-0.05, 0) is 43.0 Å². The predicted molar refractivity (Wildman–Crippen MR) is 103 cm³/mol. The molecule has 1 atom stereocenters. The number of aliphatic hydroxyl groups excluding tert-OH is 1. The van der Waals surface area contributed by atoms with Crippen LogP contribution in [-0.4, -0.2) is 41.4 Å². The van der Waals surface area contributed by atoms with E-state index in [0.29, 0.717) is 30.8 Å². The average molecular weight is 391 g/mol. The number of aliphatic hydroxyl groups is 1. The van der Waals surface area contributed by atoms with Gasteiger partial charge in [-0.1, -0.05) is 24.3 Å². The van der Waals surface area contributed by atoms with Crippen LogP contribution in [0.1, 0.15) is 18.4 Å². The lowest BCUT2D eigenvalue weighted by Crippen LogP contribution is -2.49.